The summed E-state index contributed by atoms with van der Waals surface area (Å²) < 4.78 is 1.84. The second kappa shape index (κ2) is 4.65. The van der Waals surface area contributed by atoms with Gasteiger partial charge in [-0.25, -0.2) is 0 Å². The van der Waals surface area contributed by atoms with Crippen molar-refractivity contribution in [3.8, 4) is 0 Å². The third-order valence-electron chi connectivity index (χ3n) is 2.95. The Morgan fingerprint density at radius 2 is 2.25 bits per heavy atom. The SMILES string of the molecule is CNC(C)(CCn1nc(C)cc1C)C(=O)O. The minimum absolute atomic E-state index is 0.501. The topological polar surface area (TPSA) is 67.2 Å². The molecule has 1 atom stereocenters. The molecule has 1 unspecified atom stereocenters. The molecular formula is C11H19N3O2. The predicted octanol–water partition coefficient (Wildman–Crippen LogP) is 0.953. The van der Waals surface area contributed by atoms with Crippen LogP contribution in [-0.2, 0) is 11.3 Å². The van der Waals surface area contributed by atoms with Crippen LogP contribution in [0.1, 0.15) is 24.7 Å². The summed E-state index contributed by atoms with van der Waals surface area (Å²) in [5, 5.41) is 16.2. The molecule has 2 N–H and O–H groups in total. The van der Waals surface area contributed by atoms with Crippen molar-refractivity contribution in [1.29, 1.82) is 0 Å². The van der Waals surface area contributed by atoms with Crippen molar-refractivity contribution in [3.63, 3.8) is 0 Å². The largest absolute Gasteiger partial charge is 0.480 e. The Hall–Kier alpha value is -1.36. The maximum atomic E-state index is 11.1. The van der Waals surface area contributed by atoms with Crippen LogP contribution < -0.4 is 5.32 Å². The smallest absolute Gasteiger partial charge is 0.323 e. The van der Waals surface area contributed by atoms with Crippen molar-refractivity contribution >= 4 is 5.97 Å². The molecule has 5 nitrogen and oxygen atoms in total. The number of hydrogen-bond donors (Lipinski definition) is 2. The van der Waals surface area contributed by atoms with Gasteiger partial charge in [-0.2, -0.15) is 5.10 Å². The molecule has 0 amide bonds. The number of aromatic nitrogens is 2. The Balaban J connectivity index is 2.70. The first-order chi connectivity index (χ1) is 7.39. The highest BCUT2D eigenvalue weighted by atomic mass is 16.4. The van der Waals surface area contributed by atoms with Gasteiger partial charge >= 0.3 is 5.97 Å². The van der Waals surface area contributed by atoms with E-state index in [9.17, 15) is 4.79 Å². The predicted molar refractivity (Wildman–Crippen MR) is 61.4 cm³/mol. The van der Waals surface area contributed by atoms with Crippen molar-refractivity contribution in [2.45, 2.75) is 39.3 Å². The molecule has 5 heteroatoms. The summed E-state index contributed by atoms with van der Waals surface area (Å²) in [6.45, 7) is 6.18. The maximum Gasteiger partial charge on any atom is 0.323 e. The van der Waals surface area contributed by atoms with Crippen LogP contribution >= 0.6 is 0 Å². The normalized spacial score (nSPS) is 14.8. The Kier molecular flexibility index (Phi) is 3.70. The van der Waals surface area contributed by atoms with Gasteiger partial charge in [-0.05, 0) is 40.3 Å². The molecule has 0 aliphatic heterocycles. The quantitative estimate of drug-likeness (QED) is 0.783. The highest BCUT2D eigenvalue weighted by Gasteiger charge is 2.30. The van der Waals surface area contributed by atoms with E-state index in [-0.39, 0.29) is 0 Å². The van der Waals surface area contributed by atoms with Gasteiger partial charge in [0.15, 0.2) is 0 Å². The van der Waals surface area contributed by atoms with Gasteiger partial charge in [-0.3, -0.25) is 9.48 Å². The lowest BCUT2D eigenvalue weighted by atomic mass is 9.98. The molecule has 1 aromatic heterocycles. The molecule has 0 fully saturated rings. The Morgan fingerprint density at radius 3 is 2.62 bits per heavy atom. The van der Waals surface area contributed by atoms with Crippen LogP contribution in [0, 0.1) is 13.8 Å². The van der Waals surface area contributed by atoms with Gasteiger partial charge in [0.05, 0.1) is 5.69 Å². The highest BCUT2D eigenvalue weighted by Crippen LogP contribution is 2.12. The standard InChI is InChI=1S/C11H19N3O2/c1-8-7-9(2)14(13-8)6-5-11(3,12-4)10(15)16/h7,12H,5-6H2,1-4H3,(H,15,16). The molecule has 0 bridgehead atoms. The van der Waals surface area contributed by atoms with Gasteiger partial charge in [0.2, 0.25) is 0 Å². The fourth-order valence-corrected chi connectivity index (χ4v) is 1.57. The maximum absolute atomic E-state index is 11.1. The first-order valence-corrected chi connectivity index (χ1v) is 5.32. The van der Waals surface area contributed by atoms with E-state index in [1.807, 2.05) is 24.6 Å². The van der Waals surface area contributed by atoms with Crippen LogP contribution in [0.15, 0.2) is 6.07 Å². The highest BCUT2D eigenvalue weighted by molar-refractivity contribution is 5.78. The Morgan fingerprint density at radius 1 is 1.62 bits per heavy atom. The van der Waals surface area contributed by atoms with Gasteiger partial charge in [0.1, 0.15) is 5.54 Å². The molecule has 90 valence electrons. The first-order valence-electron chi connectivity index (χ1n) is 5.32. The molecule has 0 aliphatic carbocycles. The number of hydrogen-bond acceptors (Lipinski definition) is 3. The second-order valence-electron chi connectivity index (χ2n) is 4.29. The molecule has 0 spiro atoms. The van der Waals surface area contributed by atoms with Gasteiger partial charge < -0.3 is 10.4 Å². The van der Waals surface area contributed by atoms with E-state index in [0.29, 0.717) is 13.0 Å². The van der Waals surface area contributed by atoms with E-state index in [1.165, 1.54) is 0 Å². The summed E-state index contributed by atoms with van der Waals surface area (Å²) in [5.41, 5.74) is 1.12. The summed E-state index contributed by atoms with van der Waals surface area (Å²) in [7, 11) is 1.66. The Bertz CT molecular complexity index is 387. The zero-order valence-corrected chi connectivity index (χ0v) is 10.2. The molecule has 0 radical (unpaired) electrons. The average Bonchev–Trinajstić information content (AvgIpc) is 2.53. The molecule has 16 heavy (non-hydrogen) atoms. The van der Waals surface area contributed by atoms with E-state index in [0.717, 1.165) is 11.4 Å². The van der Waals surface area contributed by atoms with E-state index in [1.54, 1.807) is 14.0 Å². The van der Waals surface area contributed by atoms with Crippen molar-refractivity contribution in [2.24, 2.45) is 0 Å². The minimum Gasteiger partial charge on any atom is -0.480 e. The zero-order chi connectivity index (χ0) is 12.3. The molecule has 1 aromatic rings. The van der Waals surface area contributed by atoms with Crippen LogP contribution in [0.2, 0.25) is 0 Å². The summed E-state index contributed by atoms with van der Waals surface area (Å²) in [5.74, 6) is -0.837. The third kappa shape index (κ3) is 2.61. The van der Waals surface area contributed by atoms with Gasteiger partial charge in [-0.1, -0.05) is 0 Å². The summed E-state index contributed by atoms with van der Waals surface area (Å²) >= 11 is 0. The number of aryl methyl sites for hydroxylation is 3. The number of carboxylic acid groups (broad SMARTS) is 1. The lowest BCUT2D eigenvalue weighted by Crippen LogP contribution is -2.48. The van der Waals surface area contributed by atoms with E-state index in [4.69, 9.17) is 5.11 Å². The van der Waals surface area contributed by atoms with Gasteiger partial charge in [0.25, 0.3) is 0 Å². The van der Waals surface area contributed by atoms with Crippen molar-refractivity contribution < 1.29 is 9.90 Å². The second-order valence-corrected chi connectivity index (χ2v) is 4.29. The number of carbonyl (C=O) groups is 1. The van der Waals surface area contributed by atoms with Crippen molar-refractivity contribution in [1.82, 2.24) is 15.1 Å². The average molecular weight is 225 g/mol. The Labute approximate surface area is 95.5 Å². The molecule has 0 aromatic carbocycles. The van der Waals surface area contributed by atoms with E-state index >= 15 is 0 Å². The number of nitrogens with zero attached hydrogens (tertiary/aromatic N) is 2. The minimum atomic E-state index is -0.897. The van der Waals surface area contributed by atoms with E-state index < -0.39 is 11.5 Å². The fraction of sp³-hybridized carbons (Fsp3) is 0.636. The van der Waals surface area contributed by atoms with Crippen LogP contribution in [-0.4, -0.2) is 33.4 Å². The fourth-order valence-electron chi connectivity index (χ4n) is 1.57. The van der Waals surface area contributed by atoms with Crippen molar-refractivity contribution in [2.75, 3.05) is 7.05 Å². The third-order valence-corrected chi connectivity index (χ3v) is 2.95. The van der Waals surface area contributed by atoms with Crippen LogP contribution in [0.25, 0.3) is 0 Å². The monoisotopic (exact) mass is 225 g/mol. The molecule has 1 heterocycles. The lowest BCUT2D eigenvalue weighted by Gasteiger charge is -2.24. The summed E-state index contributed by atoms with van der Waals surface area (Å²) in [6, 6.07) is 1.98. The van der Waals surface area contributed by atoms with Crippen LogP contribution in [0.5, 0.6) is 0 Å². The van der Waals surface area contributed by atoms with Gasteiger partial charge in [0, 0.05) is 12.2 Å². The molecular weight excluding hydrogens is 206 g/mol. The number of rotatable bonds is 5. The van der Waals surface area contributed by atoms with Gasteiger partial charge in [-0.15, -0.1) is 0 Å². The number of nitrogens with one attached hydrogen (secondary N) is 1. The summed E-state index contributed by atoms with van der Waals surface area (Å²) in [4.78, 5) is 11.1. The van der Waals surface area contributed by atoms with Crippen molar-refractivity contribution in [3.05, 3.63) is 17.5 Å². The molecule has 0 aliphatic rings. The summed E-state index contributed by atoms with van der Waals surface area (Å²) in [6.07, 6.45) is 0.501. The number of aliphatic carboxylic acids is 1. The molecule has 0 saturated heterocycles. The number of carboxylic acids is 1. The van der Waals surface area contributed by atoms with Crippen LogP contribution in [0.4, 0.5) is 0 Å². The first kappa shape index (κ1) is 12.7. The van der Waals surface area contributed by atoms with Crippen LogP contribution in [0.3, 0.4) is 0 Å². The zero-order valence-electron chi connectivity index (χ0n) is 10.2. The number of likely N-dealkylation sites (N-methyl/N-ethyl adjacent to an activating group) is 1. The molecule has 1 rings (SSSR count). The molecule has 0 saturated carbocycles. The van der Waals surface area contributed by atoms with E-state index in [2.05, 4.69) is 10.4 Å². The lowest BCUT2D eigenvalue weighted by molar-refractivity contribution is -0.144.